The molecular weight excluding hydrogens is 245 g/mol. The van der Waals surface area contributed by atoms with Crippen LogP contribution in [0.4, 0.5) is 4.39 Å². The van der Waals surface area contributed by atoms with Crippen molar-refractivity contribution in [3.63, 3.8) is 0 Å². The largest absolute Gasteiger partial charge is 0.777 e. The molecule has 16 heavy (non-hydrogen) atoms. The van der Waals surface area contributed by atoms with Gasteiger partial charge in [0, 0.05) is 6.04 Å². The molecule has 0 fully saturated rings. The van der Waals surface area contributed by atoms with Crippen molar-refractivity contribution in [1.29, 1.82) is 0 Å². The lowest BCUT2D eigenvalue weighted by atomic mass is 10.0. The van der Waals surface area contributed by atoms with Gasteiger partial charge in [0.25, 0.3) is 0 Å². The van der Waals surface area contributed by atoms with E-state index in [4.69, 9.17) is 30.0 Å². The highest BCUT2D eigenvalue weighted by Crippen LogP contribution is 2.21. The predicted molar refractivity (Wildman–Crippen MR) is 68.2 cm³/mol. The molecule has 0 heterocycles. The van der Waals surface area contributed by atoms with Crippen LogP contribution in [-0.2, 0) is 19.0 Å². The summed E-state index contributed by atoms with van der Waals surface area (Å²) in [5.74, 6) is -0.495. The van der Waals surface area contributed by atoms with Crippen molar-refractivity contribution in [3.8, 4) is 0 Å². The van der Waals surface area contributed by atoms with Gasteiger partial charge in [-0.1, -0.05) is 24.6 Å². The Morgan fingerprint density at radius 1 is 1.50 bits per heavy atom. The molecule has 0 aromatic heterocycles. The van der Waals surface area contributed by atoms with Crippen LogP contribution in [0.5, 0.6) is 0 Å². The Balaban J connectivity index is 2.55. The van der Waals surface area contributed by atoms with Gasteiger partial charge in [-0.3, -0.25) is 0 Å². The molecule has 1 aromatic rings. The molecule has 0 bridgehead atoms. The van der Waals surface area contributed by atoms with Gasteiger partial charge in [0.15, 0.2) is 0 Å². The minimum Gasteiger partial charge on any atom is -0.777 e. The standard InChI is InChI=1S/C12H17ClFNS/c1-2-9(15)5-3-4-8-6-10(13)12(14)11(16)7-8/h6-7,9,16H,2-5,15H2,1H3/p-1/t9-/m0/s1. The van der Waals surface area contributed by atoms with Gasteiger partial charge in [-0.05, 0) is 37.3 Å². The molecule has 0 amide bonds. The van der Waals surface area contributed by atoms with Crippen LogP contribution in [0.1, 0.15) is 31.7 Å². The molecule has 1 aromatic carbocycles. The van der Waals surface area contributed by atoms with Crippen LogP contribution < -0.4 is 5.73 Å². The molecular formula is C12H16ClFNS-. The van der Waals surface area contributed by atoms with E-state index in [1.165, 1.54) is 0 Å². The molecule has 0 radical (unpaired) electrons. The van der Waals surface area contributed by atoms with Gasteiger partial charge in [-0.25, -0.2) is 4.39 Å². The Hall–Kier alpha value is -0.380. The van der Waals surface area contributed by atoms with Crippen molar-refractivity contribution in [2.45, 2.75) is 43.5 Å². The summed E-state index contributed by atoms with van der Waals surface area (Å²) in [5.41, 5.74) is 6.80. The Morgan fingerprint density at radius 3 is 2.75 bits per heavy atom. The van der Waals surface area contributed by atoms with E-state index in [-0.39, 0.29) is 16.0 Å². The minimum atomic E-state index is -0.495. The first-order valence-electron chi connectivity index (χ1n) is 5.45. The summed E-state index contributed by atoms with van der Waals surface area (Å²) in [5, 5.41) is 0.113. The third kappa shape index (κ3) is 3.89. The molecule has 2 N–H and O–H groups in total. The maximum absolute atomic E-state index is 13.2. The van der Waals surface area contributed by atoms with Crippen LogP contribution in [-0.4, -0.2) is 6.04 Å². The van der Waals surface area contributed by atoms with E-state index in [0.29, 0.717) is 0 Å². The van der Waals surface area contributed by atoms with Crippen LogP contribution in [0, 0.1) is 5.82 Å². The normalized spacial score (nSPS) is 12.8. The highest BCUT2D eigenvalue weighted by molar-refractivity contribution is 7.58. The average molecular weight is 261 g/mol. The van der Waals surface area contributed by atoms with Crippen molar-refractivity contribution in [2.24, 2.45) is 5.73 Å². The molecule has 1 atom stereocenters. The van der Waals surface area contributed by atoms with Crippen LogP contribution >= 0.6 is 11.6 Å². The van der Waals surface area contributed by atoms with Crippen LogP contribution in [0.15, 0.2) is 17.0 Å². The second kappa shape index (κ2) is 6.38. The van der Waals surface area contributed by atoms with Gasteiger partial charge in [-0.2, -0.15) is 0 Å². The van der Waals surface area contributed by atoms with Crippen molar-refractivity contribution < 1.29 is 4.39 Å². The Labute approximate surface area is 107 Å². The minimum absolute atomic E-state index is 0.113. The zero-order chi connectivity index (χ0) is 12.1. The van der Waals surface area contributed by atoms with Crippen LogP contribution in [0.2, 0.25) is 5.02 Å². The highest BCUT2D eigenvalue weighted by Gasteiger charge is 2.03. The number of nitrogens with two attached hydrogens (primary N) is 1. The number of halogens is 2. The average Bonchev–Trinajstić information content (AvgIpc) is 2.25. The second-order valence-corrected chi connectivity index (χ2v) is 4.80. The highest BCUT2D eigenvalue weighted by atomic mass is 35.5. The molecule has 4 heteroatoms. The van der Waals surface area contributed by atoms with Crippen LogP contribution in [0.25, 0.3) is 0 Å². The second-order valence-electron chi connectivity index (χ2n) is 3.95. The zero-order valence-electron chi connectivity index (χ0n) is 9.30. The molecule has 0 unspecified atom stereocenters. The predicted octanol–water partition coefficient (Wildman–Crippen LogP) is 3.44. The Morgan fingerprint density at radius 2 is 2.19 bits per heavy atom. The van der Waals surface area contributed by atoms with Gasteiger partial charge < -0.3 is 18.4 Å². The number of hydrogen-bond donors (Lipinski definition) is 1. The molecule has 0 aliphatic rings. The van der Waals surface area contributed by atoms with E-state index in [9.17, 15) is 4.39 Å². The fraction of sp³-hybridized carbons (Fsp3) is 0.500. The van der Waals surface area contributed by atoms with Gasteiger partial charge in [0.1, 0.15) is 5.82 Å². The maximum Gasteiger partial charge on any atom is 0.122 e. The molecule has 0 aliphatic heterocycles. The molecule has 1 nitrogen and oxygen atoms in total. The first-order valence-corrected chi connectivity index (χ1v) is 6.23. The first kappa shape index (κ1) is 13.7. The summed E-state index contributed by atoms with van der Waals surface area (Å²) in [6.07, 6.45) is 3.78. The molecule has 1 rings (SSSR count). The lowest BCUT2D eigenvalue weighted by molar-refractivity contribution is 0.566. The number of benzene rings is 1. The summed E-state index contributed by atoms with van der Waals surface area (Å²) in [6, 6.07) is 3.57. The van der Waals surface area contributed by atoms with Crippen molar-refractivity contribution in [1.82, 2.24) is 0 Å². The summed E-state index contributed by atoms with van der Waals surface area (Å²) in [6.45, 7) is 2.07. The number of rotatable bonds is 5. The number of aryl methyl sites for hydroxylation is 1. The summed E-state index contributed by atoms with van der Waals surface area (Å²) >= 11 is 10.6. The third-order valence-corrected chi connectivity index (χ3v) is 3.19. The third-order valence-electron chi connectivity index (χ3n) is 2.62. The quantitative estimate of drug-likeness (QED) is 0.821. The van der Waals surface area contributed by atoms with Crippen molar-refractivity contribution in [3.05, 3.63) is 28.5 Å². The molecule has 0 aliphatic carbocycles. The monoisotopic (exact) mass is 260 g/mol. The number of hydrogen-bond acceptors (Lipinski definition) is 2. The Bertz CT molecular complexity index is 334. The van der Waals surface area contributed by atoms with Gasteiger partial charge in [-0.15, -0.1) is 4.90 Å². The van der Waals surface area contributed by atoms with E-state index >= 15 is 0 Å². The summed E-state index contributed by atoms with van der Waals surface area (Å²) < 4.78 is 13.2. The summed E-state index contributed by atoms with van der Waals surface area (Å²) in [4.78, 5) is 0.197. The molecule has 90 valence electrons. The van der Waals surface area contributed by atoms with E-state index < -0.39 is 5.82 Å². The fourth-order valence-electron chi connectivity index (χ4n) is 1.53. The smallest absolute Gasteiger partial charge is 0.122 e. The molecule has 0 saturated heterocycles. The van der Waals surface area contributed by atoms with Gasteiger partial charge >= 0.3 is 0 Å². The van der Waals surface area contributed by atoms with E-state index in [1.54, 1.807) is 12.1 Å². The fourth-order valence-corrected chi connectivity index (χ4v) is 2.09. The zero-order valence-corrected chi connectivity index (χ0v) is 10.9. The van der Waals surface area contributed by atoms with Gasteiger partial charge in [0.2, 0.25) is 0 Å². The van der Waals surface area contributed by atoms with Crippen molar-refractivity contribution in [2.75, 3.05) is 0 Å². The lowest BCUT2D eigenvalue weighted by Crippen LogP contribution is -2.18. The Kier molecular flexibility index (Phi) is 5.46. The van der Waals surface area contributed by atoms with E-state index in [1.807, 2.05) is 0 Å². The molecule has 0 spiro atoms. The van der Waals surface area contributed by atoms with Gasteiger partial charge in [0.05, 0.1) is 5.02 Å². The van der Waals surface area contributed by atoms with Crippen molar-refractivity contribution >= 4 is 24.2 Å². The topological polar surface area (TPSA) is 26.0 Å². The molecule has 0 saturated carbocycles. The van der Waals surface area contributed by atoms with E-state index in [0.717, 1.165) is 31.2 Å². The van der Waals surface area contributed by atoms with E-state index in [2.05, 4.69) is 6.92 Å². The van der Waals surface area contributed by atoms with Crippen LogP contribution in [0.3, 0.4) is 0 Å². The summed E-state index contributed by atoms with van der Waals surface area (Å²) in [7, 11) is 0. The maximum atomic E-state index is 13.2. The lowest BCUT2D eigenvalue weighted by Gasteiger charge is -2.13. The first-order chi connectivity index (χ1) is 7.54. The SMILES string of the molecule is CC[C@H](N)CCCc1cc([S-])c(F)c(Cl)c1.